The van der Waals surface area contributed by atoms with Crippen LogP contribution in [0, 0.1) is 5.82 Å². The van der Waals surface area contributed by atoms with Gasteiger partial charge in [-0.2, -0.15) is 0 Å². The molecule has 1 aliphatic rings. The molecule has 2 aromatic rings. The molecule has 3 rings (SSSR count). The van der Waals surface area contributed by atoms with Crippen molar-refractivity contribution in [2.24, 2.45) is 4.99 Å². The summed E-state index contributed by atoms with van der Waals surface area (Å²) in [6.45, 7) is 4.19. The third-order valence-electron chi connectivity index (χ3n) is 4.53. The Bertz CT molecular complexity index is 836. The Morgan fingerprint density at radius 3 is 2.59 bits per heavy atom. The van der Waals surface area contributed by atoms with Crippen LogP contribution >= 0.6 is 24.0 Å². The lowest BCUT2D eigenvalue weighted by Gasteiger charge is -2.15. The number of rotatable bonds is 10. The highest BCUT2D eigenvalue weighted by atomic mass is 127. The molecule has 9 heteroatoms. The number of halogens is 2. The zero-order valence-electron chi connectivity index (χ0n) is 18.3. The molecule has 0 spiro atoms. The fourth-order valence-electron chi connectivity index (χ4n) is 2.90. The highest BCUT2D eigenvalue weighted by Crippen LogP contribution is 2.32. The van der Waals surface area contributed by atoms with Crippen LogP contribution < -0.4 is 20.1 Å². The van der Waals surface area contributed by atoms with Crippen LogP contribution in [0.5, 0.6) is 11.5 Å². The van der Waals surface area contributed by atoms with Crippen molar-refractivity contribution in [1.82, 2.24) is 5.32 Å². The van der Waals surface area contributed by atoms with Gasteiger partial charge in [-0.1, -0.05) is 12.1 Å². The zero-order valence-corrected chi connectivity index (χ0v) is 20.6. The lowest BCUT2D eigenvalue weighted by atomic mass is 10.2. The van der Waals surface area contributed by atoms with E-state index in [2.05, 4.69) is 15.6 Å². The standard InChI is InChI=1S/C23H30FN3O4.HI/c1-28-14-15-29-11-2-10-25-23(26-17-18-4-6-19(24)7-5-18)27-20-8-9-21-22(16-20)31-13-3-12-30-21;/h4-9,16H,2-3,10-15,17H2,1H3,(H2,25,26,27);1H. The minimum atomic E-state index is -0.259. The van der Waals surface area contributed by atoms with Gasteiger partial charge < -0.3 is 29.6 Å². The predicted octanol–water partition coefficient (Wildman–Crippen LogP) is 4.22. The van der Waals surface area contributed by atoms with Gasteiger partial charge in [0.1, 0.15) is 5.82 Å². The Labute approximate surface area is 205 Å². The number of nitrogens with zero attached hydrogens (tertiary/aromatic N) is 1. The molecule has 0 bridgehead atoms. The molecule has 0 aliphatic carbocycles. The van der Waals surface area contributed by atoms with Gasteiger partial charge in [-0.3, -0.25) is 0 Å². The molecule has 176 valence electrons. The van der Waals surface area contributed by atoms with E-state index in [1.807, 2.05) is 18.2 Å². The quantitative estimate of drug-likeness (QED) is 0.197. The van der Waals surface area contributed by atoms with Gasteiger partial charge in [0.15, 0.2) is 17.5 Å². The second kappa shape index (κ2) is 14.9. The van der Waals surface area contributed by atoms with E-state index < -0.39 is 0 Å². The number of hydrogen-bond donors (Lipinski definition) is 2. The van der Waals surface area contributed by atoms with Crippen molar-refractivity contribution in [3.8, 4) is 11.5 Å². The lowest BCUT2D eigenvalue weighted by molar-refractivity contribution is 0.0699. The third-order valence-corrected chi connectivity index (χ3v) is 4.53. The van der Waals surface area contributed by atoms with Crippen LogP contribution in [0.4, 0.5) is 10.1 Å². The predicted molar refractivity (Wildman–Crippen MR) is 134 cm³/mol. The number of ether oxygens (including phenoxy) is 4. The normalized spacial score (nSPS) is 13.1. The number of aliphatic imine (C=N–C) groups is 1. The van der Waals surface area contributed by atoms with Gasteiger partial charge in [0, 0.05) is 38.4 Å². The van der Waals surface area contributed by atoms with Gasteiger partial charge in [-0.25, -0.2) is 9.38 Å². The second-order valence-electron chi connectivity index (χ2n) is 7.01. The molecule has 0 atom stereocenters. The Kier molecular flexibility index (Phi) is 12.1. The van der Waals surface area contributed by atoms with Crippen LogP contribution in [-0.2, 0) is 16.0 Å². The molecule has 32 heavy (non-hydrogen) atoms. The minimum Gasteiger partial charge on any atom is -0.490 e. The van der Waals surface area contributed by atoms with E-state index in [9.17, 15) is 4.39 Å². The molecule has 0 aromatic heterocycles. The average Bonchev–Trinajstić information content (AvgIpc) is 3.03. The Morgan fingerprint density at radius 1 is 1.03 bits per heavy atom. The number of nitrogens with one attached hydrogen (secondary N) is 2. The van der Waals surface area contributed by atoms with Crippen LogP contribution in [0.3, 0.4) is 0 Å². The van der Waals surface area contributed by atoms with Crippen LogP contribution in [0.15, 0.2) is 47.5 Å². The third kappa shape index (κ3) is 9.17. The number of benzene rings is 2. The fraction of sp³-hybridized carbons (Fsp3) is 0.435. The van der Waals surface area contributed by atoms with E-state index in [-0.39, 0.29) is 29.8 Å². The first-order valence-electron chi connectivity index (χ1n) is 10.5. The molecule has 0 radical (unpaired) electrons. The van der Waals surface area contributed by atoms with Crippen LogP contribution in [0.25, 0.3) is 0 Å². The van der Waals surface area contributed by atoms with Crippen molar-refractivity contribution in [3.05, 3.63) is 53.8 Å². The summed E-state index contributed by atoms with van der Waals surface area (Å²) in [5.74, 6) is 1.82. The molecule has 0 fully saturated rings. The largest absolute Gasteiger partial charge is 0.490 e. The monoisotopic (exact) mass is 559 g/mol. The van der Waals surface area contributed by atoms with E-state index in [0.29, 0.717) is 57.8 Å². The minimum absolute atomic E-state index is 0. The first kappa shape index (κ1) is 26.1. The first-order valence-corrected chi connectivity index (χ1v) is 10.5. The summed E-state index contributed by atoms with van der Waals surface area (Å²) in [5.41, 5.74) is 1.76. The van der Waals surface area contributed by atoms with Gasteiger partial charge in [-0.05, 0) is 36.2 Å². The van der Waals surface area contributed by atoms with Crippen molar-refractivity contribution in [2.75, 3.05) is 52.0 Å². The number of fused-ring (bicyclic) bond motifs is 1. The van der Waals surface area contributed by atoms with E-state index >= 15 is 0 Å². The number of methoxy groups -OCH3 is 1. The van der Waals surface area contributed by atoms with E-state index in [1.54, 1.807) is 19.2 Å². The summed E-state index contributed by atoms with van der Waals surface area (Å²) >= 11 is 0. The highest BCUT2D eigenvalue weighted by Gasteiger charge is 2.11. The molecule has 0 saturated heterocycles. The van der Waals surface area contributed by atoms with E-state index in [4.69, 9.17) is 18.9 Å². The maximum atomic E-state index is 13.2. The Hall–Kier alpha value is -2.11. The van der Waals surface area contributed by atoms with Crippen LogP contribution in [0.2, 0.25) is 0 Å². The van der Waals surface area contributed by atoms with Crippen molar-refractivity contribution in [2.45, 2.75) is 19.4 Å². The number of hydrogen-bond acceptors (Lipinski definition) is 5. The van der Waals surface area contributed by atoms with Gasteiger partial charge >= 0.3 is 0 Å². The van der Waals surface area contributed by atoms with Crippen molar-refractivity contribution in [3.63, 3.8) is 0 Å². The summed E-state index contributed by atoms with van der Waals surface area (Å²) in [5, 5.41) is 6.63. The zero-order chi connectivity index (χ0) is 21.7. The lowest BCUT2D eigenvalue weighted by Crippen LogP contribution is -2.32. The van der Waals surface area contributed by atoms with E-state index in [1.165, 1.54) is 12.1 Å². The molecule has 1 aliphatic heterocycles. The SMILES string of the molecule is COCCOCCCNC(=NCc1ccc(F)cc1)Nc1ccc2c(c1)OCCCO2.I. The number of anilines is 1. The molecule has 1 heterocycles. The molecule has 0 amide bonds. The molecule has 2 N–H and O–H groups in total. The molecule has 2 aromatic carbocycles. The summed E-state index contributed by atoms with van der Waals surface area (Å²) in [4.78, 5) is 4.64. The van der Waals surface area contributed by atoms with Gasteiger partial charge in [0.2, 0.25) is 0 Å². The molecule has 0 unspecified atom stereocenters. The van der Waals surface area contributed by atoms with E-state index in [0.717, 1.165) is 29.8 Å². The van der Waals surface area contributed by atoms with Crippen LogP contribution in [0.1, 0.15) is 18.4 Å². The Morgan fingerprint density at radius 2 is 1.81 bits per heavy atom. The summed E-state index contributed by atoms with van der Waals surface area (Å²) in [7, 11) is 1.65. The maximum absolute atomic E-state index is 13.2. The van der Waals surface area contributed by atoms with Crippen molar-refractivity contribution >= 4 is 35.6 Å². The van der Waals surface area contributed by atoms with Crippen molar-refractivity contribution < 1.29 is 23.3 Å². The smallest absolute Gasteiger partial charge is 0.196 e. The molecule has 0 saturated carbocycles. The topological polar surface area (TPSA) is 73.3 Å². The average molecular weight is 559 g/mol. The first-order chi connectivity index (χ1) is 15.2. The maximum Gasteiger partial charge on any atom is 0.196 e. The van der Waals surface area contributed by atoms with Crippen LogP contribution in [-0.4, -0.2) is 52.6 Å². The van der Waals surface area contributed by atoms with Crippen molar-refractivity contribution in [1.29, 1.82) is 0 Å². The van der Waals surface area contributed by atoms with Gasteiger partial charge in [-0.15, -0.1) is 24.0 Å². The molecular weight excluding hydrogens is 528 g/mol. The second-order valence-corrected chi connectivity index (χ2v) is 7.01. The Balaban J connectivity index is 0.00000363. The molecule has 7 nitrogen and oxygen atoms in total. The number of guanidine groups is 1. The highest BCUT2D eigenvalue weighted by molar-refractivity contribution is 14.0. The fourth-order valence-corrected chi connectivity index (χ4v) is 2.90. The summed E-state index contributed by atoms with van der Waals surface area (Å²) < 4.78 is 35.1. The van der Waals surface area contributed by atoms with Gasteiger partial charge in [0.05, 0.1) is 33.0 Å². The summed E-state index contributed by atoms with van der Waals surface area (Å²) in [6, 6.07) is 12.1. The summed E-state index contributed by atoms with van der Waals surface area (Å²) in [6.07, 6.45) is 1.68. The van der Waals surface area contributed by atoms with Gasteiger partial charge in [0.25, 0.3) is 0 Å². The molecular formula is C23H31FIN3O4.